The van der Waals surface area contributed by atoms with Crippen LogP contribution in [0.1, 0.15) is 60.2 Å². The molecule has 0 saturated carbocycles. The molecule has 4 rings (SSSR count). The minimum Gasteiger partial charge on any atom is -0.487 e. The van der Waals surface area contributed by atoms with Crippen LogP contribution in [0.2, 0.25) is 0 Å². The van der Waals surface area contributed by atoms with Crippen molar-refractivity contribution >= 4 is 5.97 Å². The molecule has 3 aromatic carbocycles. The van der Waals surface area contributed by atoms with E-state index in [2.05, 4.69) is 56.3 Å². The summed E-state index contributed by atoms with van der Waals surface area (Å²) in [7, 11) is 0. The normalized spacial score (nSPS) is 17.6. The maximum Gasteiger partial charge on any atom is 0.335 e. The summed E-state index contributed by atoms with van der Waals surface area (Å²) >= 11 is 0. The van der Waals surface area contributed by atoms with Gasteiger partial charge in [-0.2, -0.15) is 0 Å². The van der Waals surface area contributed by atoms with Crippen molar-refractivity contribution in [2.45, 2.75) is 58.0 Å². The number of carboxylic acids is 1. The van der Waals surface area contributed by atoms with E-state index in [1.54, 1.807) is 18.2 Å². The zero-order valence-corrected chi connectivity index (χ0v) is 18.4. The monoisotopic (exact) mass is 414 g/mol. The number of benzene rings is 3. The van der Waals surface area contributed by atoms with E-state index in [9.17, 15) is 9.90 Å². The summed E-state index contributed by atoms with van der Waals surface area (Å²) in [6, 6.07) is 22.3. The molecule has 0 spiro atoms. The van der Waals surface area contributed by atoms with E-state index >= 15 is 0 Å². The molecule has 3 nitrogen and oxygen atoms in total. The van der Waals surface area contributed by atoms with Gasteiger partial charge < -0.3 is 9.84 Å². The molecule has 1 aliphatic heterocycles. The summed E-state index contributed by atoms with van der Waals surface area (Å²) in [5.74, 6) is -0.00380. The highest BCUT2D eigenvalue weighted by Crippen LogP contribution is 2.38. The molecule has 0 amide bonds. The molecule has 1 heterocycles. The number of aromatic carboxylic acids is 1. The van der Waals surface area contributed by atoms with Crippen LogP contribution in [0.25, 0.3) is 11.1 Å². The molecule has 0 radical (unpaired) electrons. The molecule has 31 heavy (non-hydrogen) atoms. The molecule has 0 unspecified atom stereocenters. The molecule has 0 bridgehead atoms. The summed E-state index contributed by atoms with van der Waals surface area (Å²) in [6.45, 7) is 4.42. The van der Waals surface area contributed by atoms with Gasteiger partial charge in [0.1, 0.15) is 11.4 Å². The third-order valence-corrected chi connectivity index (χ3v) is 6.21. The van der Waals surface area contributed by atoms with Crippen molar-refractivity contribution in [1.29, 1.82) is 0 Å². The van der Waals surface area contributed by atoms with Gasteiger partial charge in [-0.25, -0.2) is 4.79 Å². The summed E-state index contributed by atoms with van der Waals surface area (Å²) in [4.78, 5) is 11.3. The maximum absolute atomic E-state index is 11.3. The van der Waals surface area contributed by atoms with Gasteiger partial charge in [-0.05, 0) is 78.6 Å². The van der Waals surface area contributed by atoms with Crippen LogP contribution in [-0.4, -0.2) is 16.7 Å². The molecule has 3 heteroatoms. The second-order valence-corrected chi connectivity index (χ2v) is 8.86. The number of aryl methyl sites for hydroxylation is 2. The topological polar surface area (TPSA) is 46.5 Å². The zero-order chi connectivity index (χ0) is 21.8. The predicted molar refractivity (Wildman–Crippen MR) is 125 cm³/mol. The van der Waals surface area contributed by atoms with Crippen LogP contribution < -0.4 is 4.74 Å². The van der Waals surface area contributed by atoms with Crippen LogP contribution in [0.4, 0.5) is 0 Å². The van der Waals surface area contributed by atoms with E-state index in [1.807, 2.05) is 6.07 Å². The van der Waals surface area contributed by atoms with Gasteiger partial charge in [0.2, 0.25) is 0 Å². The Kier molecular flexibility index (Phi) is 6.13. The number of unbranched alkanes of at least 4 members (excludes halogenated alkanes) is 1. The molecular weight excluding hydrogens is 384 g/mol. The quantitative estimate of drug-likeness (QED) is 0.467. The van der Waals surface area contributed by atoms with Gasteiger partial charge in [0.05, 0.1) is 5.56 Å². The molecule has 1 N–H and O–H groups in total. The van der Waals surface area contributed by atoms with Crippen molar-refractivity contribution < 1.29 is 14.6 Å². The smallest absolute Gasteiger partial charge is 0.335 e. The first kappa shape index (κ1) is 21.2. The number of rotatable bonds is 7. The Morgan fingerprint density at radius 1 is 1.00 bits per heavy atom. The van der Waals surface area contributed by atoms with Gasteiger partial charge in [-0.1, -0.05) is 61.9 Å². The van der Waals surface area contributed by atoms with Crippen molar-refractivity contribution in [2.24, 2.45) is 0 Å². The second kappa shape index (κ2) is 8.97. The first-order chi connectivity index (χ1) is 15.0. The third kappa shape index (κ3) is 4.99. The van der Waals surface area contributed by atoms with E-state index in [1.165, 1.54) is 29.5 Å². The Hall–Kier alpha value is -3.07. The first-order valence-corrected chi connectivity index (χ1v) is 11.2. The van der Waals surface area contributed by atoms with Crippen LogP contribution in [0.5, 0.6) is 5.75 Å². The van der Waals surface area contributed by atoms with Crippen molar-refractivity contribution in [2.75, 3.05) is 0 Å². The molecule has 0 saturated heterocycles. The molecule has 0 aromatic heterocycles. The lowest BCUT2D eigenvalue weighted by molar-refractivity contribution is 0.0654. The number of hydrogen-bond donors (Lipinski definition) is 1. The summed E-state index contributed by atoms with van der Waals surface area (Å²) in [6.07, 6.45) is 6.43. The van der Waals surface area contributed by atoms with Crippen LogP contribution in [0.3, 0.4) is 0 Å². The van der Waals surface area contributed by atoms with Gasteiger partial charge in [0.15, 0.2) is 0 Å². The van der Waals surface area contributed by atoms with Crippen molar-refractivity contribution in [3.63, 3.8) is 0 Å². The number of carbonyl (C=O) groups is 1. The lowest BCUT2D eigenvalue weighted by Crippen LogP contribution is -2.38. The number of carboxylic acid groups (broad SMARTS) is 1. The molecule has 0 aliphatic carbocycles. The molecule has 160 valence electrons. The van der Waals surface area contributed by atoms with Crippen molar-refractivity contribution in [1.82, 2.24) is 0 Å². The van der Waals surface area contributed by atoms with E-state index in [4.69, 9.17) is 4.74 Å². The predicted octanol–water partition coefficient (Wildman–Crippen LogP) is 6.72. The fraction of sp³-hybridized carbons (Fsp3) is 0.321. The third-order valence-electron chi connectivity index (χ3n) is 6.21. The van der Waals surface area contributed by atoms with Gasteiger partial charge >= 0.3 is 5.97 Å². The van der Waals surface area contributed by atoms with Gasteiger partial charge in [-0.15, -0.1) is 0 Å². The maximum atomic E-state index is 11.3. The van der Waals surface area contributed by atoms with E-state index in [0.29, 0.717) is 5.56 Å². The Morgan fingerprint density at radius 3 is 2.48 bits per heavy atom. The molecule has 1 atom stereocenters. The Bertz CT molecular complexity index is 1070. The SMILES string of the molecule is CCCCc1ccc(C[C@]2(C)CCc3ccc(-c4cccc(C(=O)O)c4)cc3O2)cc1. The number of hydrogen-bond acceptors (Lipinski definition) is 2. The Balaban J connectivity index is 1.52. The van der Waals surface area contributed by atoms with Crippen LogP contribution in [-0.2, 0) is 19.3 Å². The second-order valence-electron chi connectivity index (χ2n) is 8.86. The molecular formula is C28H30O3. The number of ether oxygens (including phenoxy) is 1. The minimum atomic E-state index is -0.913. The highest BCUT2D eigenvalue weighted by atomic mass is 16.5. The Labute approximate surface area is 184 Å². The fourth-order valence-electron chi connectivity index (χ4n) is 4.34. The standard InChI is InChI=1S/C28H30O3/c1-3-4-6-20-9-11-21(12-10-20)19-28(2)16-15-22-13-14-24(18-26(22)31-28)23-7-5-8-25(17-23)27(29)30/h5,7-14,17-18H,3-4,6,15-16,19H2,1-2H3,(H,29,30)/t28-/m0/s1. The minimum absolute atomic E-state index is 0.251. The van der Waals surface area contributed by atoms with Crippen LogP contribution >= 0.6 is 0 Å². The summed E-state index contributed by atoms with van der Waals surface area (Å²) in [5.41, 5.74) is 5.83. The van der Waals surface area contributed by atoms with Crippen LogP contribution in [0, 0.1) is 0 Å². The highest BCUT2D eigenvalue weighted by molar-refractivity contribution is 5.89. The molecule has 3 aromatic rings. The van der Waals surface area contributed by atoms with E-state index in [0.717, 1.165) is 42.6 Å². The summed E-state index contributed by atoms with van der Waals surface area (Å²) in [5, 5.41) is 9.29. The summed E-state index contributed by atoms with van der Waals surface area (Å²) < 4.78 is 6.54. The van der Waals surface area contributed by atoms with Crippen LogP contribution in [0.15, 0.2) is 66.7 Å². The van der Waals surface area contributed by atoms with E-state index in [-0.39, 0.29) is 5.60 Å². The first-order valence-electron chi connectivity index (χ1n) is 11.2. The largest absolute Gasteiger partial charge is 0.487 e. The van der Waals surface area contributed by atoms with Gasteiger partial charge in [0.25, 0.3) is 0 Å². The van der Waals surface area contributed by atoms with E-state index < -0.39 is 5.97 Å². The average Bonchev–Trinajstić information content (AvgIpc) is 2.78. The Morgan fingerprint density at radius 2 is 1.74 bits per heavy atom. The van der Waals surface area contributed by atoms with Gasteiger partial charge in [-0.3, -0.25) is 0 Å². The average molecular weight is 415 g/mol. The van der Waals surface area contributed by atoms with Crippen molar-refractivity contribution in [3.8, 4) is 16.9 Å². The fourth-order valence-corrected chi connectivity index (χ4v) is 4.34. The van der Waals surface area contributed by atoms with Crippen molar-refractivity contribution in [3.05, 3.63) is 89.0 Å². The lowest BCUT2D eigenvalue weighted by atomic mass is 9.86. The van der Waals surface area contributed by atoms with Gasteiger partial charge in [0, 0.05) is 6.42 Å². The highest BCUT2D eigenvalue weighted by Gasteiger charge is 2.32. The zero-order valence-electron chi connectivity index (χ0n) is 18.4. The lowest BCUT2D eigenvalue weighted by Gasteiger charge is -2.36. The molecule has 1 aliphatic rings. The molecule has 0 fully saturated rings. The number of fused-ring (bicyclic) bond motifs is 1.